The Morgan fingerprint density at radius 2 is 1.24 bits per heavy atom. The summed E-state index contributed by atoms with van der Waals surface area (Å²) >= 11 is 0. The molecule has 0 spiro atoms. The molecule has 248 valence electrons. The zero-order valence-electron chi connectivity index (χ0n) is 31.7. The first kappa shape index (κ1) is 27.7. The van der Waals surface area contributed by atoms with Gasteiger partial charge in [0.25, 0.3) is 0 Å². The lowest BCUT2D eigenvalue weighted by Gasteiger charge is -2.37. The number of nitrogens with zero attached hydrogens (tertiary/aromatic N) is 4. The maximum Gasteiger partial charge on any atom is 0.137 e. The standard InChI is InChI=1S/C47H40N4/c1-33(2)49-32-50(44-24-13-12-23-43(44)49)39-20-14-19-37(30-39)47(35-15-6-4-7-16-35,36-17-8-5-9-18-36)38-25-26-41-40-21-10-11-22-42(40)51(45(41)31-38)46-29-34(3)27-28-48-46/h4-31,33H,32H2,1-3H3/i3D3. The van der Waals surface area contributed by atoms with Gasteiger partial charge < -0.3 is 9.80 Å². The zero-order chi connectivity index (χ0) is 37.0. The molecule has 8 aromatic rings. The summed E-state index contributed by atoms with van der Waals surface area (Å²) in [6.07, 6.45) is 1.60. The second kappa shape index (κ2) is 12.3. The SMILES string of the molecule is [2H]C([2H])([2H])c1ccnc(-n2c3ccccc3c3ccc(C(c4ccccc4)(c4ccccc4)c4cccc(N5CN(C(C)C)c6ccccc65)c4)cc32)c1. The Labute approximate surface area is 304 Å². The van der Waals surface area contributed by atoms with Gasteiger partial charge in [0, 0.05) is 32.8 Å². The first-order valence-electron chi connectivity index (χ1n) is 19.1. The third kappa shape index (κ3) is 4.93. The molecule has 1 aliphatic heterocycles. The van der Waals surface area contributed by atoms with Crippen LogP contribution in [0.2, 0.25) is 0 Å². The minimum atomic E-state index is -2.26. The van der Waals surface area contributed by atoms with Crippen LogP contribution < -0.4 is 9.80 Å². The third-order valence-electron chi connectivity index (χ3n) is 10.5. The fourth-order valence-electron chi connectivity index (χ4n) is 8.18. The summed E-state index contributed by atoms with van der Waals surface area (Å²) in [5.74, 6) is 0.571. The topological polar surface area (TPSA) is 24.3 Å². The molecule has 0 amide bonds. The summed E-state index contributed by atoms with van der Waals surface area (Å²) in [6, 6.07) is 57.9. The summed E-state index contributed by atoms with van der Waals surface area (Å²) in [5, 5.41) is 2.15. The predicted molar refractivity (Wildman–Crippen MR) is 213 cm³/mol. The van der Waals surface area contributed by atoms with Crippen LogP contribution in [0.1, 0.15) is 45.8 Å². The van der Waals surface area contributed by atoms with Gasteiger partial charge in [-0.1, -0.05) is 115 Å². The summed E-state index contributed by atoms with van der Waals surface area (Å²) < 4.78 is 26.6. The van der Waals surface area contributed by atoms with Crippen LogP contribution in [0.25, 0.3) is 27.6 Å². The molecule has 0 aliphatic carbocycles. The molecule has 0 saturated heterocycles. The van der Waals surface area contributed by atoms with E-state index >= 15 is 0 Å². The van der Waals surface area contributed by atoms with Crippen molar-refractivity contribution in [1.82, 2.24) is 9.55 Å². The Hall–Kier alpha value is -6.13. The van der Waals surface area contributed by atoms with Crippen LogP contribution in [-0.4, -0.2) is 22.3 Å². The fraction of sp³-hybridized carbons (Fsp3) is 0.128. The molecule has 0 atom stereocenters. The maximum absolute atomic E-state index is 8.16. The highest BCUT2D eigenvalue weighted by Gasteiger charge is 2.40. The van der Waals surface area contributed by atoms with Gasteiger partial charge in [-0.15, -0.1) is 0 Å². The number of aromatic nitrogens is 2. The lowest BCUT2D eigenvalue weighted by Crippen LogP contribution is -2.34. The monoisotopic (exact) mass is 663 g/mol. The number of benzene rings is 6. The van der Waals surface area contributed by atoms with Crippen LogP contribution in [0.15, 0.2) is 170 Å². The van der Waals surface area contributed by atoms with E-state index in [0.717, 1.165) is 56.4 Å². The third-order valence-corrected chi connectivity index (χ3v) is 10.5. The van der Waals surface area contributed by atoms with Crippen LogP contribution in [-0.2, 0) is 5.41 Å². The van der Waals surface area contributed by atoms with Crippen LogP contribution in [0, 0.1) is 6.85 Å². The number of hydrogen-bond donors (Lipinski definition) is 0. The molecular formula is C47H40N4. The number of fused-ring (bicyclic) bond motifs is 4. The highest BCUT2D eigenvalue weighted by Crippen LogP contribution is 2.49. The van der Waals surface area contributed by atoms with E-state index < -0.39 is 12.3 Å². The van der Waals surface area contributed by atoms with Crippen molar-refractivity contribution in [2.75, 3.05) is 16.5 Å². The second-order valence-corrected chi connectivity index (χ2v) is 13.6. The molecule has 0 saturated carbocycles. The van der Waals surface area contributed by atoms with Gasteiger partial charge in [-0.3, -0.25) is 4.57 Å². The quantitative estimate of drug-likeness (QED) is 0.159. The molecular weight excluding hydrogens is 621 g/mol. The van der Waals surface area contributed by atoms with Crippen molar-refractivity contribution in [2.45, 2.75) is 32.2 Å². The van der Waals surface area contributed by atoms with E-state index in [1.54, 1.807) is 18.3 Å². The van der Waals surface area contributed by atoms with Crippen molar-refractivity contribution in [3.8, 4) is 5.82 Å². The average molecular weight is 664 g/mol. The molecule has 0 bridgehead atoms. The Morgan fingerprint density at radius 3 is 1.98 bits per heavy atom. The number of hydrogen-bond acceptors (Lipinski definition) is 3. The fourth-order valence-corrected chi connectivity index (χ4v) is 8.18. The van der Waals surface area contributed by atoms with Gasteiger partial charge in [0.2, 0.25) is 0 Å². The summed E-state index contributed by atoms with van der Waals surface area (Å²) in [5.41, 5.74) is 9.54. The van der Waals surface area contributed by atoms with Crippen molar-refractivity contribution in [1.29, 1.82) is 0 Å². The number of pyridine rings is 1. The van der Waals surface area contributed by atoms with E-state index in [9.17, 15) is 0 Å². The minimum absolute atomic E-state index is 0.258. The van der Waals surface area contributed by atoms with Gasteiger partial charge in [0.15, 0.2) is 0 Å². The lowest BCUT2D eigenvalue weighted by molar-refractivity contribution is 0.708. The van der Waals surface area contributed by atoms with Gasteiger partial charge in [-0.05, 0) is 97.0 Å². The van der Waals surface area contributed by atoms with E-state index in [4.69, 9.17) is 9.10 Å². The summed E-state index contributed by atoms with van der Waals surface area (Å²) in [6.45, 7) is 3.00. The number of para-hydroxylation sites is 3. The summed E-state index contributed by atoms with van der Waals surface area (Å²) in [4.78, 5) is 9.63. The van der Waals surface area contributed by atoms with Gasteiger partial charge >= 0.3 is 0 Å². The first-order valence-corrected chi connectivity index (χ1v) is 17.6. The van der Waals surface area contributed by atoms with E-state index in [1.807, 2.05) is 12.1 Å². The Kier molecular flexibility index (Phi) is 6.69. The molecule has 51 heavy (non-hydrogen) atoms. The molecule has 4 nitrogen and oxygen atoms in total. The molecule has 1 aliphatic rings. The molecule has 0 radical (unpaired) electrons. The molecule has 3 heterocycles. The lowest BCUT2D eigenvalue weighted by atomic mass is 9.65. The minimum Gasteiger partial charge on any atom is -0.349 e. The average Bonchev–Trinajstić information content (AvgIpc) is 3.76. The zero-order valence-corrected chi connectivity index (χ0v) is 28.7. The number of anilines is 3. The van der Waals surface area contributed by atoms with Crippen molar-refractivity contribution in [3.63, 3.8) is 0 Å². The second-order valence-electron chi connectivity index (χ2n) is 13.6. The predicted octanol–water partition coefficient (Wildman–Crippen LogP) is 11.2. The van der Waals surface area contributed by atoms with Crippen LogP contribution in [0.5, 0.6) is 0 Å². The molecule has 0 N–H and O–H groups in total. The van der Waals surface area contributed by atoms with Gasteiger partial charge in [-0.2, -0.15) is 0 Å². The molecule has 6 aromatic carbocycles. The smallest absolute Gasteiger partial charge is 0.137 e. The molecule has 4 heteroatoms. The maximum atomic E-state index is 8.16. The van der Waals surface area contributed by atoms with Crippen molar-refractivity contribution in [2.24, 2.45) is 0 Å². The first-order chi connectivity index (χ1) is 26.2. The van der Waals surface area contributed by atoms with E-state index in [1.165, 1.54) is 11.4 Å². The largest absolute Gasteiger partial charge is 0.349 e. The number of rotatable bonds is 7. The highest BCUT2D eigenvalue weighted by molar-refractivity contribution is 6.09. The van der Waals surface area contributed by atoms with Gasteiger partial charge in [-0.25, -0.2) is 4.98 Å². The van der Waals surface area contributed by atoms with E-state index in [-0.39, 0.29) is 5.56 Å². The summed E-state index contributed by atoms with van der Waals surface area (Å²) in [7, 11) is 0. The molecule has 0 unspecified atom stereocenters. The van der Waals surface area contributed by atoms with Crippen molar-refractivity contribution in [3.05, 3.63) is 198 Å². The Bertz CT molecular complexity index is 2590. The molecule has 9 rings (SSSR count). The van der Waals surface area contributed by atoms with E-state index in [2.05, 4.69) is 168 Å². The van der Waals surface area contributed by atoms with Crippen LogP contribution in [0.4, 0.5) is 17.1 Å². The van der Waals surface area contributed by atoms with Crippen LogP contribution >= 0.6 is 0 Å². The van der Waals surface area contributed by atoms with Crippen molar-refractivity contribution < 1.29 is 4.11 Å². The Balaban J connectivity index is 1.33. The van der Waals surface area contributed by atoms with Gasteiger partial charge in [0.1, 0.15) is 5.82 Å². The van der Waals surface area contributed by atoms with Gasteiger partial charge in [0.05, 0.1) is 34.5 Å². The van der Waals surface area contributed by atoms with Crippen molar-refractivity contribution >= 4 is 38.9 Å². The molecule has 0 fully saturated rings. The van der Waals surface area contributed by atoms with Crippen LogP contribution in [0.3, 0.4) is 0 Å². The van der Waals surface area contributed by atoms with E-state index in [0.29, 0.717) is 11.9 Å². The Morgan fingerprint density at radius 1 is 0.588 bits per heavy atom. The molecule has 2 aromatic heterocycles. The normalized spacial score (nSPS) is 14.1. The number of aryl methyl sites for hydroxylation is 1. The highest BCUT2D eigenvalue weighted by atomic mass is 15.4.